The number of nitrogens with zero attached hydrogens (tertiary/aromatic N) is 2. The van der Waals surface area contributed by atoms with Gasteiger partial charge in [-0.25, -0.2) is 0 Å². The van der Waals surface area contributed by atoms with Crippen molar-refractivity contribution >= 4 is 61.9 Å². The van der Waals surface area contributed by atoms with Gasteiger partial charge in [0, 0.05) is 51.2 Å². The van der Waals surface area contributed by atoms with Crippen LogP contribution in [0, 0.1) is 6.92 Å². The molecule has 0 aliphatic heterocycles. The molecule has 256 valence electrons. The van der Waals surface area contributed by atoms with E-state index in [1.165, 1.54) is 39.0 Å². The first-order valence-corrected chi connectivity index (χ1v) is 17.4. The largest absolute Gasteiger partial charge is 0.497 e. The van der Waals surface area contributed by atoms with Gasteiger partial charge in [-0.3, -0.25) is 23.9 Å². The molecule has 0 atom stereocenters. The van der Waals surface area contributed by atoms with Crippen LogP contribution in [0.5, 0.6) is 5.75 Å². The van der Waals surface area contributed by atoms with Gasteiger partial charge in [0.1, 0.15) is 12.4 Å². The Kier molecular flexibility index (Phi) is 13.5. The van der Waals surface area contributed by atoms with Crippen molar-refractivity contribution in [3.05, 3.63) is 92.5 Å². The lowest BCUT2D eigenvalue weighted by Crippen LogP contribution is -2.36. The quantitative estimate of drug-likeness (QED) is 0.0970. The highest BCUT2D eigenvalue weighted by molar-refractivity contribution is 9.10. The fraction of sp³-hybridized carbons (Fsp3) is 0.378. The standard InChI is InChI=1S/C20H30BrN3O3.C17H14ClNO2/c1-3-24(17-7-5-4-6-8-17)13-16-11-15(12-18(21)19(16)22)20(26)23-9-10-27-14(2)25;1-11-9-13-10-15(21-2)7-8-16(13)19(11)17(20)12-3-5-14(18)6-4-12/h11-12,17H,3-10,13,22H2,1-2H3,(H,23,26);3-10H,1-2H3. The Hall–Kier alpha value is -3.86. The molecule has 0 spiro atoms. The Morgan fingerprint density at radius 1 is 1.02 bits per heavy atom. The Morgan fingerprint density at radius 3 is 2.38 bits per heavy atom. The third kappa shape index (κ3) is 9.61. The maximum absolute atomic E-state index is 12.7. The third-order valence-corrected chi connectivity index (χ3v) is 9.44. The number of carbonyl (C=O) groups is 3. The van der Waals surface area contributed by atoms with E-state index >= 15 is 0 Å². The number of methoxy groups -OCH3 is 1. The van der Waals surface area contributed by atoms with Crippen LogP contribution in [0.4, 0.5) is 5.69 Å². The molecule has 9 nitrogen and oxygen atoms in total. The summed E-state index contributed by atoms with van der Waals surface area (Å²) >= 11 is 9.35. The van der Waals surface area contributed by atoms with Crippen LogP contribution >= 0.6 is 27.5 Å². The number of amides is 1. The highest BCUT2D eigenvalue weighted by atomic mass is 79.9. The maximum atomic E-state index is 12.7. The van der Waals surface area contributed by atoms with Crippen LogP contribution in [-0.4, -0.2) is 60.1 Å². The lowest BCUT2D eigenvalue weighted by molar-refractivity contribution is -0.140. The smallest absolute Gasteiger partial charge is 0.302 e. The van der Waals surface area contributed by atoms with Crippen LogP contribution < -0.4 is 15.8 Å². The molecule has 0 bridgehead atoms. The molecule has 1 fully saturated rings. The van der Waals surface area contributed by atoms with E-state index < -0.39 is 0 Å². The molecule has 5 rings (SSSR count). The minimum atomic E-state index is -0.357. The molecule has 0 unspecified atom stereocenters. The lowest BCUT2D eigenvalue weighted by Gasteiger charge is -2.34. The molecule has 0 saturated heterocycles. The zero-order valence-corrected chi connectivity index (χ0v) is 30.3. The van der Waals surface area contributed by atoms with Gasteiger partial charge in [0.2, 0.25) is 0 Å². The second-order valence-corrected chi connectivity index (χ2v) is 13.1. The predicted molar refractivity (Wildman–Crippen MR) is 195 cm³/mol. The van der Waals surface area contributed by atoms with Gasteiger partial charge in [-0.1, -0.05) is 37.8 Å². The van der Waals surface area contributed by atoms with Gasteiger partial charge in [-0.2, -0.15) is 0 Å². The molecule has 1 aromatic heterocycles. The van der Waals surface area contributed by atoms with Crippen molar-refractivity contribution in [3.63, 3.8) is 0 Å². The second-order valence-electron chi connectivity index (χ2n) is 11.8. The van der Waals surface area contributed by atoms with Crippen LogP contribution in [0.25, 0.3) is 10.9 Å². The monoisotopic (exact) mass is 738 g/mol. The van der Waals surface area contributed by atoms with E-state index in [1.807, 2.05) is 37.3 Å². The van der Waals surface area contributed by atoms with Crippen molar-refractivity contribution in [1.29, 1.82) is 0 Å². The normalized spacial score (nSPS) is 13.1. The molecule has 1 heterocycles. The molecule has 1 aliphatic carbocycles. The number of aromatic nitrogens is 1. The summed E-state index contributed by atoms with van der Waals surface area (Å²) in [6.07, 6.45) is 6.34. The predicted octanol–water partition coefficient (Wildman–Crippen LogP) is 7.78. The van der Waals surface area contributed by atoms with Crippen LogP contribution in [0.2, 0.25) is 5.02 Å². The number of halogens is 2. The number of hydrogen-bond acceptors (Lipinski definition) is 7. The summed E-state index contributed by atoms with van der Waals surface area (Å²) in [7, 11) is 1.63. The van der Waals surface area contributed by atoms with Crippen LogP contribution in [-0.2, 0) is 16.1 Å². The van der Waals surface area contributed by atoms with Crippen molar-refractivity contribution in [2.75, 3.05) is 32.5 Å². The first-order valence-electron chi connectivity index (χ1n) is 16.2. The van der Waals surface area contributed by atoms with Gasteiger partial charge in [-0.15, -0.1) is 0 Å². The van der Waals surface area contributed by atoms with Crippen molar-refractivity contribution in [1.82, 2.24) is 14.8 Å². The van der Waals surface area contributed by atoms with Gasteiger partial charge >= 0.3 is 5.97 Å². The van der Waals surface area contributed by atoms with E-state index in [0.717, 1.165) is 45.5 Å². The summed E-state index contributed by atoms with van der Waals surface area (Å²) in [5.74, 6) is 0.150. The molecule has 1 aliphatic rings. The first kappa shape index (κ1) is 37.0. The number of carbonyl (C=O) groups excluding carboxylic acids is 3. The Morgan fingerprint density at radius 2 is 1.73 bits per heavy atom. The number of benzene rings is 3. The Labute approximate surface area is 295 Å². The number of ether oxygens (including phenoxy) is 2. The molecule has 1 amide bonds. The van der Waals surface area contributed by atoms with E-state index in [0.29, 0.717) is 27.9 Å². The van der Waals surface area contributed by atoms with Gasteiger partial charge in [-0.05, 0) is 108 Å². The number of esters is 1. The zero-order valence-electron chi connectivity index (χ0n) is 28.0. The van der Waals surface area contributed by atoms with Crippen LogP contribution in [0.1, 0.15) is 77.9 Å². The molecule has 0 radical (unpaired) electrons. The van der Waals surface area contributed by atoms with Crippen molar-refractivity contribution in [2.24, 2.45) is 0 Å². The Bertz CT molecular complexity index is 1730. The van der Waals surface area contributed by atoms with Gasteiger partial charge in [0.05, 0.1) is 24.9 Å². The average molecular weight is 740 g/mol. The molecular weight excluding hydrogens is 696 g/mol. The number of rotatable bonds is 10. The van der Waals surface area contributed by atoms with E-state index in [1.54, 1.807) is 42.0 Å². The summed E-state index contributed by atoms with van der Waals surface area (Å²) in [4.78, 5) is 38.4. The molecule has 3 aromatic carbocycles. The fourth-order valence-electron chi connectivity index (χ4n) is 6.01. The maximum Gasteiger partial charge on any atom is 0.302 e. The van der Waals surface area contributed by atoms with E-state index in [-0.39, 0.29) is 30.9 Å². The zero-order chi connectivity index (χ0) is 34.8. The van der Waals surface area contributed by atoms with Crippen molar-refractivity contribution in [2.45, 2.75) is 65.5 Å². The molecule has 3 N–H and O–H groups in total. The highest BCUT2D eigenvalue weighted by Gasteiger charge is 2.22. The summed E-state index contributed by atoms with van der Waals surface area (Å²) in [5.41, 5.74) is 10.8. The van der Waals surface area contributed by atoms with E-state index in [2.05, 4.69) is 33.1 Å². The van der Waals surface area contributed by atoms with Crippen molar-refractivity contribution < 1.29 is 23.9 Å². The van der Waals surface area contributed by atoms with Gasteiger partial charge in [0.25, 0.3) is 11.8 Å². The van der Waals surface area contributed by atoms with Crippen molar-refractivity contribution in [3.8, 4) is 5.75 Å². The number of aryl methyl sites for hydroxylation is 1. The first-order chi connectivity index (χ1) is 23.0. The topological polar surface area (TPSA) is 116 Å². The number of hydrogen-bond donors (Lipinski definition) is 2. The highest BCUT2D eigenvalue weighted by Crippen LogP contribution is 2.30. The third-order valence-electron chi connectivity index (χ3n) is 8.53. The van der Waals surface area contributed by atoms with E-state index in [9.17, 15) is 14.4 Å². The summed E-state index contributed by atoms with van der Waals surface area (Å²) < 4.78 is 12.5. The molecular formula is C37H44BrClN4O5. The summed E-state index contributed by atoms with van der Waals surface area (Å²) in [6, 6.07) is 18.8. The fourth-order valence-corrected chi connectivity index (χ4v) is 6.64. The molecule has 11 heteroatoms. The van der Waals surface area contributed by atoms with Crippen LogP contribution in [0.15, 0.2) is 65.1 Å². The number of nitrogens with one attached hydrogen (secondary N) is 1. The number of nitrogens with two attached hydrogens (primary N) is 1. The van der Waals surface area contributed by atoms with Crippen LogP contribution in [0.3, 0.4) is 0 Å². The molecule has 48 heavy (non-hydrogen) atoms. The SMILES string of the molecule is CCN(Cc1cc(C(=O)NCCOC(C)=O)cc(Br)c1N)C1CCCCC1.COc1ccc2c(c1)cc(C)n2C(=O)c1ccc(Cl)cc1. The lowest BCUT2D eigenvalue weighted by atomic mass is 9.93. The minimum Gasteiger partial charge on any atom is -0.497 e. The second kappa shape index (κ2) is 17.5. The average Bonchev–Trinajstić information content (AvgIpc) is 3.42. The molecule has 1 saturated carbocycles. The summed E-state index contributed by atoms with van der Waals surface area (Å²) in [5, 5.41) is 4.36. The van der Waals surface area contributed by atoms with E-state index in [4.69, 9.17) is 26.8 Å². The number of anilines is 1. The molecule has 4 aromatic rings. The van der Waals surface area contributed by atoms with Gasteiger partial charge in [0.15, 0.2) is 0 Å². The van der Waals surface area contributed by atoms with Gasteiger partial charge < -0.3 is 20.5 Å². The number of nitrogen functional groups attached to an aromatic ring is 1. The minimum absolute atomic E-state index is 0.0654. The summed E-state index contributed by atoms with van der Waals surface area (Å²) in [6.45, 7) is 7.57. The Balaban J connectivity index is 0.000000223. The number of fused-ring (bicyclic) bond motifs is 1.